The van der Waals surface area contributed by atoms with Crippen LogP contribution in [0.4, 0.5) is 5.82 Å². The average molecular weight is 279 g/mol. The Hall–Kier alpha value is -2.22. The molecule has 8 nitrogen and oxygen atoms in total. The molecule has 0 radical (unpaired) electrons. The molecule has 3 N–H and O–H groups in total. The molecule has 2 rings (SSSR count). The van der Waals surface area contributed by atoms with E-state index in [-0.39, 0.29) is 5.82 Å². The highest BCUT2D eigenvalue weighted by Gasteiger charge is 2.28. The third-order valence-corrected chi connectivity index (χ3v) is 3.07. The van der Waals surface area contributed by atoms with Crippen LogP contribution in [-0.4, -0.2) is 54.6 Å². The highest BCUT2D eigenvalue weighted by atomic mass is 16.5. The van der Waals surface area contributed by atoms with Crippen LogP contribution in [0.15, 0.2) is 6.07 Å². The number of methoxy groups -OCH3 is 1. The van der Waals surface area contributed by atoms with Gasteiger partial charge in [0.25, 0.3) is 0 Å². The van der Waals surface area contributed by atoms with E-state index in [0.29, 0.717) is 31.1 Å². The van der Waals surface area contributed by atoms with Gasteiger partial charge in [0, 0.05) is 31.4 Å². The van der Waals surface area contributed by atoms with E-state index in [2.05, 4.69) is 20.0 Å². The van der Waals surface area contributed by atoms with Crippen molar-refractivity contribution >= 4 is 17.7 Å². The van der Waals surface area contributed by atoms with Crippen molar-refractivity contribution in [3.63, 3.8) is 0 Å². The number of hydrogen-bond donors (Lipinski definition) is 2. The van der Waals surface area contributed by atoms with Crippen molar-refractivity contribution in [3.8, 4) is 0 Å². The van der Waals surface area contributed by atoms with E-state index < -0.39 is 17.9 Å². The lowest BCUT2D eigenvalue weighted by Crippen LogP contribution is -2.57. The van der Waals surface area contributed by atoms with E-state index in [1.54, 1.807) is 17.9 Å². The fraction of sp³-hybridized carbons (Fsp3) is 0.500. The first-order valence-electron chi connectivity index (χ1n) is 6.23. The number of esters is 1. The zero-order chi connectivity index (χ0) is 14.7. The van der Waals surface area contributed by atoms with Gasteiger partial charge in [0.15, 0.2) is 0 Å². The molecule has 0 spiro atoms. The molecule has 108 valence electrons. The molecule has 1 atom stereocenters. The number of anilines is 1. The first kappa shape index (κ1) is 14.2. The van der Waals surface area contributed by atoms with Gasteiger partial charge in [-0.3, -0.25) is 4.79 Å². The molecule has 1 aliphatic heterocycles. The molecule has 0 bridgehead atoms. The summed E-state index contributed by atoms with van der Waals surface area (Å²) in [6, 6.07) is 1.22. The van der Waals surface area contributed by atoms with Crippen molar-refractivity contribution in [2.24, 2.45) is 5.73 Å². The van der Waals surface area contributed by atoms with Gasteiger partial charge in [-0.25, -0.2) is 14.8 Å². The summed E-state index contributed by atoms with van der Waals surface area (Å²) in [5.74, 6) is -0.568. The summed E-state index contributed by atoms with van der Waals surface area (Å²) in [5, 5.41) is 3.10. The maximum atomic E-state index is 11.5. The summed E-state index contributed by atoms with van der Waals surface area (Å²) in [4.78, 5) is 33.0. The Bertz CT molecular complexity index is 534. The predicted octanol–water partition coefficient (Wildman–Crippen LogP) is -1.16. The number of aromatic nitrogens is 2. The number of carbonyl (C=O) groups excluding carboxylic acids is 2. The number of carbonyl (C=O) groups is 2. The molecule has 1 aromatic rings. The Morgan fingerprint density at radius 3 is 2.90 bits per heavy atom. The molecule has 0 aromatic carbocycles. The monoisotopic (exact) mass is 279 g/mol. The second-order valence-electron chi connectivity index (χ2n) is 4.50. The third-order valence-electron chi connectivity index (χ3n) is 3.07. The number of rotatable bonds is 3. The van der Waals surface area contributed by atoms with Crippen molar-refractivity contribution in [3.05, 3.63) is 17.6 Å². The number of amides is 1. The molecule has 0 aliphatic carbocycles. The number of piperazine rings is 1. The Labute approximate surface area is 116 Å². The Morgan fingerprint density at radius 2 is 2.25 bits per heavy atom. The van der Waals surface area contributed by atoms with E-state index in [9.17, 15) is 9.59 Å². The molecular weight excluding hydrogens is 262 g/mol. The Balaban J connectivity index is 2.37. The molecule has 0 saturated carbocycles. The highest BCUT2D eigenvalue weighted by molar-refractivity contribution is 5.86. The molecule has 1 aliphatic rings. The normalized spacial score (nSPS) is 18.7. The van der Waals surface area contributed by atoms with Gasteiger partial charge in [-0.15, -0.1) is 0 Å². The minimum Gasteiger partial charge on any atom is -0.463 e. The summed E-state index contributed by atoms with van der Waals surface area (Å²) in [6.45, 7) is 3.48. The number of nitrogens with one attached hydrogen (secondary N) is 1. The van der Waals surface area contributed by atoms with Crippen LogP contribution in [0.25, 0.3) is 0 Å². The molecule has 8 heteroatoms. The summed E-state index contributed by atoms with van der Waals surface area (Å²) in [6.07, 6.45) is 0. The van der Waals surface area contributed by atoms with Crippen molar-refractivity contribution < 1.29 is 14.3 Å². The zero-order valence-corrected chi connectivity index (χ0v) is 11.4. The maximum absolute atomic E-state index is 11.5. The smallest absolute Gasteiger partial charge is 0.376 e. The quantitative estimate of drug-likeness (QED) is 0.671. The van der Waals surface area contributed by atoms with Gasteiger partial charge < -0.3 is 20.7 Å². The maximum Gasteiger partial charge on any atom is 0.376 e. The number of nitrogens with zero attached hydrogens (tertiary/aromatic N) is 3. The van der Waals surface area contributed by atoms with Crippen molar-refractivity contribution in [1.29, 1.82) is 0 Å². The lowest BCUT2D eigenvalue weighted by molar-refractivity contribution is -0.119. The summed E-state index contributed by atoms with van der Waals surface area (Å²) >= 11 is 0. The van der Waals surface area contributed by atoms with E-state index in [4.69, 9.17) is 5.73 Å². The molecule has 1 fully saturated rings. The minimum atomic E-state index is -0.610. The zero-order valence-electron chi connectivity index (χ0n) is 11.4. The standard InChI is InChI=1S/C12H17N5O3/c1-7-5-9(16-11(15-7)12(19)20-2)17-4-3-14-6-8(17)10(13)18/h5,8,14H,3-4,6H2,1-2H3,(H2,13,18). The van der Waals surface area contributed by atoms with Gasteiger partial charge >= 0.3 is 5.97 Å². The van der Waals surface area contributed by atoms with Crippen molar-refractivity contribution in [1.82, 2.24) is 15.3 Å². The van der Waals surface area contributed by atoms with Crippen LogP contribution < -0.4 is 16.0 Å². The van der Waals surface area contributed by atoms with Crippen molar-refractivity contribution in [2.45, 2.75) is 13.0 Å². The van der Waals surface area contributed by atoms with Gasteiger partial charge in [-0.05, 0) is 6.92 Å². The van der Waals surface area contributed by atoms with Gasteiger partial charge in [0.2, 0.25) is 11.7 Å². The topological polar surface area (TPSA) is 110 Å². The van der Waals surface area contributed by atoms with Gasteiger partial charge in [0.1, 0.15) is 11.9 Å². The second-order valence-corrected chi connectivity index (χ2v) is 4.50. The highest BCUT2D eigenvalue weighted by Crippen LogP contribution is 2.17. The SMILES string of the molecule is COC(=O)c1nc(C)cc(N2CCNCC2C(N)=O)n1. The van der Waals surface area contributed by atoms with Crippen LogP contribution in [0.1, 0.15) is 16.3 Å². The molecule has 1 unspecified atom stereocenters. The second kappa shape index (κ2) is 5.83. The van der Waals surface area contributed by atoms with Crippen LogP contribution in [0.5, 0.6) is 0 Å². The van der Waals surface area contributed by atoms with Gasteiger partial charge in [0.05, 0.1) is 7.11 Å². The van der Waals surface area contributed by atoms with E-state index in [0.717, 1.165) is 0 Å². The summed E-state index contributed by atoms with van der Waals surface area (Å²) in [7, 11) is 1.27. The van der Waals surface area contributed by atoms with Crippen LogP contribution in [0, 0.1) is 6.92 Å². The number of ether oxygens (including phenoxy) is 1. The number of primary amides is 1. The molecule has 2 heterocycles. The Morgan fingerprint density at radius 1 is 1.50 bits per heavy atom. The fourth-order valence-corrected chi connectivity index (χ4v) is 2.11. The first-order chi connectivity index (χ1) is 9.52. The molecule has 1 saturated heterocycles. The van der Waals surface area contributed by atoms with Crippen LogP contribution in [0.3, 0.4) is 0 Å². The fourth-order valence-electron chi connectivity index (χ4n) is 2.11. The predicted molar refractivity (Wildman–Crippen MR) is 71.3 cm³/mol. The largest absolute Gasteiger partial charge is 0.463 e. The van der Waals surface area contributed by atoms with Crippen LogP contribution in [0.2, 0.25) is 0 Å². The van der Waals surface area contributed by atoms with E-state index in [1.807, 2.05) is 0 Å². The third kappa shape index (κ3) is 2.85. The van der Waals surface area contributed by atoms with Gasteiger partial charge in [-0.1, -0.05) is 0 Å². The lowest BCUT2D eigenvalue weighted by atomic mass is 10.2. The first-order valence-corrected chi connectivity index (χ1v) is 6.23. The molecule has 1 aromatic heterocycles. The average Bonchev–Trinajstić information content (AvgIpc) is 2.45. The molecule has 1 amide bonds. The van der Waals surface area contributed by atoms with Crippen LogP contribution in [-0.2, 0) is 9.53 Å². The summed E-state index contributed by atoms with van der Waals surface area (Å²) in [5.41, 5.74) is 6.02. The lowest BCUT2D eigenvalue weighted by Gasteiger charge is -2.35. The number of hydrogen-bond acceptors (Lipinski definition) is 7. The Kier molecular flexibility index (Phi) is 4.14. The van der Waals surface area contributed by atoms with Gasteiger partial charge in [-0.2, -0.15) is 0 Å². The van der Waals surface area contributed by atoms with E-state index >= 15 is 0 Å². The number of nitrogens with two attached hydrogens (primary N) is 1. The number of aryl methyl sites for hydroxylation is 1. The molecular formula is C12H17N5O3. The van der Waals surface area contributed by atoms with Crippen molar-refractivity contribution in [2.75, 3.05) is 31.6 Å². The summed E-state index contributed by atoms with van der Waals surface area (Å²) < 4.78 is 4.62. The molecule has 20 heavy (non-hydrogen) atoms. The minimum absolute atomic E-state index is 0.0238. The van der Waals surface area contributed by atoms with E-state index in [1.165, 1.54) is 7.11 Å². The van der Waals surface area contributed by atoms with Crippen LogP contribution >= 0.6 is 0 Å².